The van der Waals surface area contributed by atoms with E-state index in [9.17, 15) is 8.42 Å². The highest BCUT2D eigenvalue weighted by atomic mass is 32.2. The van der Waals surface area contributed by atoms with Crippen LogP contribution in [-0.2, 0) is 14.8 Å². The highest BCUT2D eigenvalue weighted by Gasteiger charge is 2.34. The zero-order valence-electron chi connectivity index (χ0n) is 11.3. The molecule has 1 atom stereocenters. The van der Waals surface area contributed by atoms with Crippen molar-refractivity contribution in [1.82, 2.24) is 9.62 Å². The fourth-order valence-corrected chi connectivity index (χ4v) is 4.71. The summed E-state index contributed by atoms with van der Waals surface area (Å²) in [5.41, 5.74) is 0. The van der Waals surface area contributed by atoms with Crippen LogP contribution in [0.5, 0.6) is 0 Å². The number of ether oxygens (including phenoxy) is 1. The molecule has 2 fully saturated rings. The lowest BCUT2D eigenvalue weighted by Gasteiger charge is -2.30. The fraction of sp³-hybridized carbons (Fsp3) is 1.00. The fourth-order valence-electron chi connectivity index (χ4n) is 2.78. The van der Waals surface area contributed by atoms with Gasteiger partial charge in [-0.3, -0.25) is 0 Å². The Bertz CT molecular complexity index is 362. The summed E-state index contributed by atoms with van der Waals surface area (Å²) in [5, 5.41) is 12.1. The molecule has 2 aliphatic heterocycles. The van der Waals surface area contributed by atoms with Gasteiger partial charge in [0.05, 0.1) is 11.9 Å². The number of rotatable bonds is 6. The Labute approximate surface area is 115 Å². The van der Waals surface area contributed by atoms with Crippen LogP contribution in [-0.4, -0.2) is 68.6 Å². The second-order valence-electron chi connectivity index (χ2n) is 5.23. The van der Waals surface area contributed by atoms with E-state index in [-0.39, 0.29) is 24.4 Å². The summed E-state index contributed by atoms with van der Waals surface area (Å²) in [6.45, 7) is 2.51. The monoisotopic (exact) mass is 292 g/mol. The average Bonchev–Trinajstić information content (AvgIpc) is 2.92. The molecule has 2 aliphatic rings. The van der Waals surface area contributed by atoms with Crippen LogP contribution in [0.2, 0.25) is 0 Å². The van der Waals surface area contributed by atoms with E-state index >= 15 is 0 Å². The van der Waals surface area contributed by atoms with Crippen LogP contribution in [0.3, 0.4) is 0 Å². The lowest BCUT2D eigenvalue weighted by atomic mass is 10.2. The second-order valence-corrected chi connectivity index (χ2v) is 7.44. The summed E-state index contributed by atoms with van der Waals surface area (Å²) in [5.74, 6) is 0. The van der Waals surface area contributed by atoms with Crippen LogP contribution in [0.25, 0.3) is 0 Å². The molecule has 0 amide bonds. The minimum atomic E-state index is -3.32. The number of hydrogen-bond acceptors (Lipinski definition) is 5. The molecule has 0 spiro atoms. The Morgan fingerprint density at radius 3 is 2.58 bits per heavy atom. The highest BCUT2D eigenvalue weighted by molar-refractivity contribution is 7.89. The first-order valence-electron chi connectivity index (χ1n) is 7.05. The van der Waals surface area contributed by atoms with Crippen LogP contribution in [0.4, 0.5) is 0 Å². The van der Waals surface area contributed by atoms with Gasteiger partial charge in [-0.1, -0.05) is 0 Å². The molecule has 2 rings (SSSR count). The molecule has 0 aromatic carbocycles. The maximum absolute atomic E-state index is 12.6. The van der Waals surface area contributed by atoms with Gasteiger partial charge in [0.1, 0.15) is 0 Å². The minimum absolute atomic E-state index is 0.130. The van der Waals surface area contributed by atoms with Gasteiger partial charge in [-0.25, -0.2) is 8.42 Å². The first-order valence-corrected chi connectivity index (χ1v) is 8.56. The van der Waals surface area contributed by atoms with Crippen LogP contribution in [0.1, 0.15) is 25.7 Å². The lowest BCUT2D eigenvalue weighted by molar-refractivity contribution is 0.0969. The number of sulfonamides is 1. The van der Waals surface area contributed by atoms with Crippen molar-refractivity contribution in [2.75, 3.05) is 39.5 Å². The number of hydrogen-bond donors (Lipinski definition) is 2. The number of nitrogens with one attached hydrogen (secondary N) is 1. The van der Waals surface area contributed by atoms with Crippen LogP contribution >= 0.6 is 0 Å². The van der Waals surface area contributed by atoms with Crippen LogP contribution < -0.4 is 5.32 Å². The number of aliphatic hydroxyl groups excluding tert-OH is 1. The molecule has 0 saturated carbocycles. The van der Waals surface area contributed by atoms with E-state index in [1.807, 2.05) is 0 Å². The van der Waals surface area contributed by atoms with Gasteiger partial charge in [0.2, 0.25) is 10.0 Å². The number of aliphatic hydroxyl groups is 1. The van der Waals surface area contributed by atoms with Crippen molar-refractivity contribution < 1.29 is 18.3 Å². The van der Waals surface area contributed by atoms with Crippen LogP contribution in [0.15, 0.2) is 0 Å². The third kappa shape index (κ3) is 3.88. The molecule has 0 bridgehead atoms. The summed E-state index contributed by atoms with van der Waals surface area (Å²) < 4.78 is 31.9. The molecule has 2 saturated heterocycles. The SMILES string of the molecule is O=S(=O)(C1CCOCC1)N(CCO)CC1CCCN1. The van der Waals surface area contributed by atoms with Crippen molar-refractivity contribution in [3.63, 3.8) is 0 Å². The van der Waals surface area contributed by atoms with Crippen molar-refractivity contribution in [2.24, 2.45) is 0 Å². The summed E-state index contributed by atoms with van der Waals surface area (Å²) >= 11 is 0. The molecule has 2 heterocycles. The third-order valence-corrected chi connectivity index (χ3v) is 6.25. The Kier molecular flexibility index (Phi) is 5.58. The largest absolute Gasteiger partial charge is 0.395 e. The van der Waals surface area contributed by atoms with Crippen molar-refractivity contribution in [3.8, 4) is 0 Å². The van der Waals surface area contributed by atoms with Gasteiger partial charge in [0, 0.05) is 32.3 Å². The predicted molar refractivity (Wildman–Crippen MR) is 72.4 cm³/mol. The molecule has 0 aromatic rings. The Hall–Kier alpha value is -0.210. The van der Waals surface area contributed by atoms with Gasteiger partial charge in [-0.15, -0.1) is 0 Å². The minimum Gasteiger partial charge on any atom is -0.395 e. The summed E-state index contributed by atoms with van der Waals surface area (Å²) in [7, 11) is -3.32. The predicted octanol–water partition coefficient (Wildman–Crippen LogP) is -0.458. The van der Waals surface area contributed by atoms with Gasteiger partial charge >= 0.3 is 0 Å². The van der Waals surface area contributed by atoms with E-state index in [0.717, 1.165) is 19.4 Å². The van der Waals surface area contributed by atoms with E-state index in [1.54, 1.807) is 0 Å². The van der Waals surface area contributed by atoms with Crippen molar-refractivity contribution in [2.45, 2.75) is 37.0 Å². The molecule has 2 N–H and O–H groups in total. The first kappa shape index (κ1) is 15.2. The molecule has 1 unspecified atom stereocenters. The molecule has 0 aromatic heterocycles. The topological polar surface area (TPSA) is 78.9 Å². The Morgan fingerprint density at radius 2 is 2.00 bits per heavy atom. The van der Waals surface area contributed by atoms with E-state index in [2.05, 4.69) is 5.32 Å². The maximum atomic E-state index is 12.6. The lowest BCUT2D eigenvalue weighted by Crippen LogP contribution is -2.47. The zero-order valence-corrected chi connectivity index (χ0v) is 12.1. The maximum Gasteiger partial charge on any atom is 0.217 e. The Morgan fingerprint density at radius 1 is 1.26 bits per heavy atom. The van der Waals surface area contributed by atoms with Gasteiger partial charge in [0.25, 0.3) is 0 Å². The first-order chi connectivity index (χ1) is 9.14. The molecular formula is C12H24N2O4S. The van der Waals surface area contributed by atoms with Crippen molar-refractivity contribution in [1.29, 1.82) is 0 Å². The molecule has 112 valence electrons. The van der Waals surface area contributed by atoms with Gasteiger partial charge in [0.15, 0.2) is 0 Å². The van der Waals surface area contributed by atoms with Crippen LogP contribution in [0, 0.1) is 0 Å². The molecule has 6 nitrogen and oxygen atoms in total. The van der Waals surface area contributed by atoms with Gasteiger partial charge in [-0.05, 0) is 32.2 Å². The average molecular weight is 292 g/mol. The van der Waals surface area contributed by atoms with E-state index in [0.29, 0.717) is 32.6 Å². The van der Waals surface area contributed by atoms with Gasteiger partial charge < -0.3 is 15.2 Å². The smallest absolute Gasteiger partial charge is 0.217 e. The second kappa shape index (κ2) is 6.99. The summed E-state index contributed by atoms with van der Waals surface area (Å²) in [6.07, 6.45) is 3.21. The summed E-state index contributed by atoms with van der Waals surface area (Å²) in [6, 6.07) is 0.223. The molecule has 0 radical (unpaired) electrons. The quantitative estimate of drug-likeness (QED) is 0.693. The van der Waals surface area contributed by atoms with Crippen molar-refractivity contribution >= 4 is 10.0 Å². The van der Waals surface area contributed by atoms with Gasteiger partial charge in [-0.2, -0.15) is 4.31 Å². The number of nitrogens with zero attached hydrogens (tertiary/aromatic N) is 1. The molecule has 0 aliphatic carbocycles. The molecule has 7 heteroatoms. The standard InChI is InChI=1S/C12H24N2O4S/c15-7-6-14(10-11-2-1-5-13-11)19(16,17)12-3-8-18-9-4-12/h11-13,15H,1-10H2. The molecule has 19 heavy (non-hydrogen) atoms. The normalized spacial score (nSPS) is 26.1. The third-order valence-electron chi connectivity index (χ3n) is 3.89. The zero-order chi connectivity index (χ0) is 13.7. The summed E-state index contributed by atoms with van der Waals surface area (Å²) in [4.78, 5) is 0. The highest BCUT2D eigenvalue weighted by Crippen LogP contribution is 2.21. The Balaban J connectivity index is 2.02. The van der Waals surface area contributed by atoms with Crippen molar-refractivity contribution in [3.05, 3.63) is 0 Å². The molecular weight excluding hydrogens is 268 g/mol. The van der Waals surface area contributed by atoms with E-state index < -0.39 is 10.0 Å². The van der Waals surface area contributed by atoms with E-state index in [4.69, 9.17) is 9.84 Å². The van der Waals surface area contributed by atoms with E-state index in [1.165, 1.54) is 4.31 Å².